The van der Waals surface area contributed by atoms with E-state index < -0.39 is 0 Å². The van der Waals surface area contributed by atoms with Crippen LogP contribution >= 0.6 is 0 Å². The second kappa shape index (κ2) is 8.08. The summed E-state index contributed by atoms with van der Waals surface area (Å²) in [6.45, 7) is 6.79. The van der Waals surface area contributed by atoms with Gasteiger partial charge in [0.2, 0.25) is 0 Å². The van der Waals surface area contributed by atoms with Crippen LogP contribution in [0.2, 0.25) is 0 Å². The summed E-state index contributed by atoms with van der Waals surface area (Å²) in [6.07, 6.45) is 1.65. The molecule has 5 nitrogen and oxygen atoms in total. The number of nitrogens with one attached hydrogen (secondary N) is 1. The molecule has 0 unspecified atom stereocenters. The number of aryl methyl sites for hydroxylation is 1. The Morgan fingerprint density at radius 2 is 1.56 bits per heavy atom. The maximum absolute atomic E-state index is 4.48. The van der Waals surface area contributed by atoms with Crippen molar-refractivity contribution in [2.45, 2.75) is 13.5 Å². The maximum Gasteiger partial charge on any atom is 0.134 e. The van der Waals surface area contributed by atoms with E-state index in [0.717, 1.165) is 44.4 Å². The Hall–Kier alpha value is -3.08. The van der Waals surface area contributed by atoms with E-state index in [4.69, 9.17) is 0 Å². The second-order valence-corrected chi connectivity index (χ2v) is 6.91. The van der Waals surface area contributed by atoms with Gasteiger partial charge in [-0.15, -0.1) is 0 Å². The number of rotatable bonds is 5. The molecule has 0 atom stereocenters. The lowest BCUT2D eigenvalue weighted by Gasteiger charge is -2.36. The van der Waals surface area contributed by atoms with Crippen molar-refractivity contribution >= 4 is 17.3 Å². The van der Waals surface area contributed by atoms with Gasteiger partial charge in [-0.1, -0.05) is 48.0 Å². The lowest BCUT2D eigenvalue weighted by molar-refractivity contribution is 0.647. The van der Waals surface area contributed by atoms with Gasteiger partial charge in [0.25, 0.3) is 0 Å². The van der Waals surface area contributed by atoms with Crippen LogP contribution in [0.4, 0.5) is 17.3 Å². The zero-order chi connectivity index (χ0) is 18.5. The first-order valence-corrected chi connectivity index (χ1v) is 9.44. The van der Waals surface area contributed by atoms with Gasteiger partial charge < -0.3 is 15.1 Å². The molecule has 1 aromatic heterocycles. The summed E-state index contributed by atoms with van der Waals surface area (Å²) in [5.41, 5.74) is 3.82. The largest absolute Gasteiger partial charge is 0.368 e. The van der Waals surface area contributed by atoms with Crippen LogP contribution in [0.15, 0.2) is 67.0 Å². The van der Waals surface area contributed by atoms with Crippen LogP contribution in [0.3, 0.4) is 0 Å². The van der Waals surface area contributed by atoms with Crippen molar-refractivity contribution in [3.05, 3.63) is 78.1 Å². The predicted octanol–water partition coefficient (Wildman–Crippen LogP) is 3.72. The number of hydrogen-bond donors (Lipinski definition) is 1. The Labute approximate surface area is 160 Å². The first-order chi connectivity index (χ1) is 13.3. The van der Waals surface area contributed by atoms with Crippen molar-refractivity contribution in [1.29, 1.82) is 0 Å². The standard InChI is InChI=1S/C22H25N5/c1-18-7-9-19(10-8-18)16-23-21-15-22(25-17-24-21)27-13-11-26(12-14-27)20-5-3-2-4-6-20/h2-10,15,17H,11-14,16H2,1H3,(H,23,24,25). The minimum absolute atomic E-state index is 0.762. The molecule has 1 aliphatic rings. The number of piperazine rings is 1. The third-order valence-electron chi connectivity index (χ3n) is 4.97. The molecule has 27 heavy (non-hydrogen) atoms. The summed E-state index contributed by atoms with van der Waals surface area (Å²) in [6, 6.07) is 21.2. The molecule has 0 spiro atoms. The number of nitrogens with zero attached hydrogens (tertiary/aromatic N) is 4. The molecule has 3 aromatic rings. The van der Waals surface area contributed by atoms with Gasteiger partial charge in [0, 0.05) is 44.5 Å². The van der Waals surface area contributed by atoms with Crippen molar-refractivity contribution < 1.29 is 0 Å². The van der Waals surface area contributed by atoms with Gasteiger partial charge in [-0.3, -0.25) is 0 Å². The average molecular weight is 359 g/mol. The SMILES string of the molecule is Cc1ccc(CNc2cc(N3CCN(c4ccccc4)CC3)ncn2)cc1. The van der Waals surface area contributed by atoms with E-state index in [1.807, 2.05) is 6.07 Å². The highest BCUT2D eigenvalue weighted by Crippen LogP contribution is 2.20. The van der Waals surface area contributed by atoms with Crippen LogP contribution < -0.4 is 15.1 Å². The lowest BCUT2D eigenvalue weighted by Crippen LogP contribution is -2.46. The summed E-state index contributed by atoms with van der Waals surface area (Å²) in [4.78, 5) is 13.6. The summed E-state index contributed by atoms with van der Waals surface area (Å²) in [5.74, 6) is 1.86. The third-order valence-corrected chi connectivity index (χ3v) is 4.97. The van der Waals surface area contributed by atoms with Crippen molar-refractivity contribution in [3.8, 4) is 0 Å². The number of benzene rings is 2. The monoisotopic (exact) mass is 359 g/mol. The molecule has 0 amide bonds. The maximum atomic E-state index is 4.48. The van der Waals surface area contributed by atoms with Gasteiger partial charge in [0.05, 0.1) is 0 Å². The predicted molar refractivity (Wildman–Crippen MR) is 111 cm³/mol. The van der Waals surface area contributed by atoms with Gasteiger partial charge in [-0.05, 0) is 24.6 Å². The van der Waals surface area contributed by atoms with Gasteiger partial charge in [0.15, 0.2) is 0 Å². The minimum Gasteiger partial charge on any atom is -0.368 e. The summed E-state index contributed by atoms with van der Waals surface area (Å²) in [7, 11) is 0. The van der Waals surface area contributed by atoms with E-state index in [-0.39, 0.29) is 0 Å². The molecule has 4 rings (SSSR count). The zero-order valence-electron chi connectivity index (χ0n) is 15.7. The first-order valence-electron chi connectivity index (χ1n) is 9.44. The van der Waals surface area contributed by atoms with E-state index in [2.05, 4.69) is 86.6 Å². The van der Waals surface area contributed by atoms with Crippen molar-refractivity contribution in [3.63, 3.8) is 0 Å². The molecule has 2 aromatic carbocycles. The fourth-order valence-corrected chi connectivity index (χ4v) is 3.35. The Kier molecular flexibility index (Phi) is 5.19. The Morgan fingerprint density at radius 3 is 2.30 bits per heavy atom. The van der Waals surface area contributed by atoms with Gasteiger partial charge in [-0.2, -0.15) is 0 Å². The normalized spacial score (nSPS) is 14.3. The zero-order valence-corrected chi connectivity index (χ0v) is 15.7. The molecule has 2 heterocycles. The Morgan fingerprint density at radius 1 is 0.852 bits per heavy atom. The third kappa shape index (κ3) is 4.37. The van der Waals surface area contributed by atoms with Crippen LogP contribution in [0.1, 0.15) is 11.1 Å². The van der Waals surface area contributed by atoms with Crippen molar-refractivity contribution in [2.75, 3.05) is 41.3 Å². The molecular formula is C22H25N5. The molecule has 1 aliphatic heterocycles. The Bertz CT molecular complexity index is 855. The molecule has 5 heteroatoms. The van der Waals surface area contributed by atoms with Crippen LogP contribution in [0.25, 0.3) is 0 Å². The molecule has 0 aliphatic carbocycles. The van der Waals surface area contributed by atoms with Gasteiger partial charge in [-0.25, -0.2) is 9.97 Å². The molecule has 0 radical (unpaired) electrons. The highest BCUT2D eigenvalue weighted by Gasteiger charge is 2.18. The average Bonchev–Trinajstić information content (AvgIpc) is 2.74. The highest BCUT2D eigenvalue weighted by molar-refractivity contribution is 5.52. The number of anilines is 3. The van der Waals surface area contributed by atoms with Crippen LogP contribution in [-0.4, -0.2) is 36.1 Å². The van der Waals surface area contributed by atoms with E-state index in [1.165, 1.54) is 16.8 Å². The molecule has 138 valence electrons. The topological polar surface area (TPSA) is 44.3 Å². The fourth-order valence-electron chi connectivity index (χ4n) is 3.35. The van der Waals surface area contributed by atoms with E-state index in [1.54, 1.807) is 6.33 Å². The number of aromatic nitrogens is 2. The fraction of sp³-hybridized carbons (Fsp3) is 0.273. The number of hydrogen-bond acceptors (Lipinski definition) is 5. The van der Waals surface area contributed by atoms with E-state index in [9.17, 15) is 0 Å². The highest BCUT2D eigenvalue weighted by atomic mass is 15.3. The van der Waals surface area contributed by atoms with E-state index in [0.29, 0.717) is 0 Å². The molecule has 0 saturated carbocycles. The molecule has 1 saturated heterocycles. The van der Waals surface area contributed by atoms with Crippen LogP contribution in [0, 0.1) is 6.92 Å². The molecule has 0 bridgehead atoms. The van der Waals surface area contributed by atoms with Gasteiger partial charge >= 0.3 is 0 Å². The minimum atomic E-state index is 0.762. The summed E-state index contributed by atoms with van der Waals surface area (Å²) >= 11 is 0. The van der Waals surface area contributed by atoms with Crippen molar-refractivity contribution in [2.24, 2.45) is 0 Å². The van der Waals surface area contributed by atoms with Crippen molar-refractivity contribution in [1.82, 2.24) is 9.97 Å². The Balaban J connectivity index is 1.36. The van der Waals surface area contributed by atoms with Crippen LogP contribution in [0.5, 0.6) is 0 Å². The second-order valence-electron chi connectivity index (χ2n) is 6.91. The van der Waals surface area contributed by atoms with E-state index >= 15 is 0 Å². The van der Waals surface area contributed by atoms with Crippen LogP contribution in [-0.2, 0) is 6.54 Å². The first kappa shape index (κ1) is 17.3. The molecule has 1 fully saturated rings. The summed E-state index contributed by atoms with van der Waals surface area (Å²) in [5, 5.41) is 3.41. The summed E-state index contributed by atoms with van der Waals surface area (Å²) < 4.78 is 0. The molecular weight excluding hydrogens is 334 g/mol. The molecule has 1 N–H and O–H groups in total. The lowest BCUT2D eigenvalue weighted by atomic mass is 10.1. The number of para-hydroxylation sites is 1. The smallest absolute Gasteiger partial charge is 0.134 e. The quantitative estimate of drug-likeness (QED) is 0.752. The van der Waals surface area contributed by atoms with Gasteiger partial charge in [0.1, 0.15) is 18.0 Å².